The monoisotopic (exact) mass is 326 g/mol. The number of rotatable bonds is 7. The van der Waals surface area contributed by atoms with Gasteiger partial charge in [0.2, 0.25) is 5.91 Å². The van der Waals surface area contributed by atoms with Crippen LogP contribution in [-0.4, -0.2) is 24.9 Å². The van der Waals surface area contributed by atoms with Gasteiger partial charge in [-0.05, 0) is 30.5 Å². The van der Waals surface area contributed by atoms with E-state index in [1.165, 1.54) is 18.2 Å². The van der Waals surface area contributed by atoms with Crippen molar-refractivity contribution in [2.45, 2.75) is 31.1 Å². The van der Waals surface area contributed by atoms with E-state index in [4.69, 9.17) is 4.42 Å². The first-order valence-corrected chi connectivity index (χ1v) is 8.34. The van der Waals surface area contributed by atoms with Gasteiger partial charge in [0.05, 0.1) is 6.26 Å². The van der Waals surface area contributed by atoms with Crippen LogP contribution in [0.1, 0.15) is 41.8 Å². The van der Waals surface area contributed by atoms with E-state index >= 15 is 0 Å². The zero-order valence-corrected chi connectivity index (χ0v) is 13.6. The molecule has 2 N–H and O–H groups in total. The Morgan fingerprint density at radius 2 is 1.83 bits per heavy atom. The standard InChI is InChI=1S/C19H22N2O3/c22-17(9-12-20-18(23)16-8-4-13-24-16)21-14-19(10-5-11-19)15-6-2-1-3-7-15/h1-4,6-8,13H,5,9-12,14H2,(H,20,23)(H,21,22). The number of carbonyl (C=O) groups is 2. The highest BCUT2D eigenvalue weighted by atomic mass is 16.3. The number of hydrogen-bond acceptors (Lipinski definition) is 3. The van der Waals surface area contributed by atoms with Crippen LogP contribution in [0.25, 0.3) is 0 Å². The number of benzene rings is 1. The highest BCUT2D eigenvalue weighted by Crippen LogP contribution is 2.43. The highest BCUT2D eigenvalue weighted by molar-refractivity contribution is 5.91. The van der Waals surface area contributed by atoms with Gasteiger partial charge < -0.3 is 15.1 Å². The molecule has 1 saturated carbocycles. The molecule has 0 aliphatic heterocycles. The van der Waals surface area contributed by atoms with Crippen molar-refractivity contribution in [2.75, 3.05) is 13.1 Å². The third kappa shape index (κ3) is 3.67. The number of amides is 2. The number of nitrogens with one attached hydrogen (secondary N) is 2. The van der Waals surface area contributed by atoms with Crippen LogP contribution in [0.4, 0.5) is 0 Å². The quantitative estimate of drug-likeness (QED) is 0.821. The SMILES string of the molecule is O=C(CCNC(=O)c1ccco1)NCC1(c2ccccc2)CCC1. The van der Waals surface area contributed by atoms with Crippen molar-refractivity contribution in [3.8, 4) is 0 Å². The molecular weight excluding hydrogens is 304 g/mol. The van der Waals surface area contributed by atoms with Crippen molar-refractivity contribution in [3.63, 3.8) is 0 Å². The van der Waals surface area contributed by atoms with E-state index in [0.29, 0.717) is 13.1 Å². The molecule has 0 atom stereocenters. The van der Waals surface area contributed by atoms with Gasteiger partial charge in [-0.25, -0.2) is 0 Å². The molecule has 0 bridgehead atoms. The van der Waals surface area contributed by atoms with Crippen LogP contribution in [0.5, 0.6) is 0 Å². The second-order valence-electron chi connectivity index (χ2n) is 6.26. The van der Waals surface area contributed by atoms with Gasteiger partial charge in [0.25, 0.3) is 5.91 Å². The van der Waals surface area contributed by atoms with E-state index in [1.807, 2.05) is 18.2 Å². The van der Waals surface area contributed by atoms with Crippen molar-refractivity contribution in [3.05, 3.63) is 60.1 Å². The molecule has 2 aromatic rings. The van der Waals surface area contributed by atoms with E-state index in [1.54, 1.807) is 12.1 Å². The lowest BCUT2D eigenvalue weighted by atomic mass is 9.64. The zero-order chi connectivity index (χ0) is 16.8. The third-order valence-electron chi connectivity index (χ3n) is 4.70. The van der Waals surface area contributed by atoms with Gasteiger partial charge in [0.1, 0.15) is 0 Å². The summed E-state index contributed by atoms with van der Waals surface area (Å²) in [6.45, 7) is 0.950. The van der Waals surface area contributed by atoms with Gasteiger partial charge in [-0.2, -0.15) is 0 Å². The Balaban J connectivity index is 1.43. The lowest BCUT2D eigenvalue weighted by Crippen LogP contribution is -2.46. The van der Waals surface area contributed by atoms with Crippen molar-refractivity contribution in [1.29, 1.82) is 0 Å². The first-order valence-electron chi connectivity index (χ1n) is 8.34. The molecule has 1 aliphatic rings. The largest absolute Gasteiger partial charge is 0.459 e. The van der Waals surface area contributed by atoms with Gasteiger partial charge in [-0.1, -0.05) is 36.8 Å². The summed E-state index contributed by atoms with van der Waals surface area (Å²) >= 11 is 0. The normalized spacial score (nSPS) is 15.3. The minimum atomic E-state index is -0.299. The lowest BCUT2D eigenvalue weighted by molar-refractivity contribution is -0.121. The van der Waals surface area contributed by atoms with Crippen LogP contribution in [0, 0.1) is 0 Å². The van der Waals surface area contributed by atoms with Crippen LogP contribution < -0.4 is 10.6 Å². The summed E-state index contributed by atoms with van der Waals surface area (Å²) in [4.78, 5) is 23.8. The maximum atomic E-state index is 12.0. The molecule has 0 spiro atoms. The summed E-state index contributed by atoms with van der Waals surface area (Å²) in [6.07, 6.45) is 5.11. The smallest absolute Gasteiger partial charge is 0.286 e. The number of hydrogen-bond donors (Lipinski definition) is 2. The molecular formula is C19H22N2O3. The van der Waals surface area contributed by atoms with Crippen LogP contribution >= 0.6 is 0 Å². The van der Waals surface area contributed by atoms with Crippen molar-refractivity contribution < 1.29 is 14.0 Å². The summed E-state index contributed by atoms with van der Waals surface area (Å²) in [5.41, 5.74) is 1.37. The molecule has 126 valence electrons. The molecule has 1 fully saturated rings. The predicted octanol–water partition coefficient (Wildman–Crippen LogP) is 2.64. The van der Waals surface area contributed by atoms with E-state index in [-0.39, 0.29) is 29.4 Å². The van der Waals surface area contributed by atoms with Crippen molar-refractivity contribution in [2.24, 2.45) is 0 Å². The van der Waals surface area contributed by atoms with E-state index in [0.717, 1.165) is 12.8 Å². The molecule has 5 heteroatoms. The third-order valence-corrected chi connectivity index (χ3v) is 4.70. The fourth-order valence-electron chi connectivity index (χ4n) is 3.10. The lowest BCUT2D eigenvalue weighted by Gasteiger charge is -2.42. The number of furan rings is 1. The predicted molar refractivity (Wildman–Crippen MR) is 90.6 cm³/mol. The average Bonchev–Trinajstić information content (AvgIpc) is 3.09. The molecule has 0 saturated heterocycles. The molecule has 1 aromatic carbocycles. The van der Waals surface area contributed by atoms with Gasteiger partial charge in [0, 0.05) is 24.9 Å². The first kappa shape index (κ1) is 16.3. The van der Waals surface area contributed by atoms with Crippen LogP contribution in [0.15, 0.2) is 53.1 Å². The minimum Gasteiger partial charge on any atom is -0.459 e. The molecule has 0 unspecified atom stereocenters. The second kappa shape index (κ2) is 7.34. The molecule has 1 aliphatic carbocycles. The summed E-state index contributed by atoms with van der Waals surface area (Å²) in [5.74, 6) is -0.0857. The Hall–Kier alpha value is -2.56. The molecule has 2 amide bonds. The van der Waals surface area contributed by atoms with E-state index in [2.05, 4.69) is 22.8 Å². The summed E-state index contributed by atoms with van der Waals surface area (Å²) in [5, 5.41) is 5.70. The maximum Gasteiger partial charge on any atom is 0.286 e. The van der Waals surface area contributed by atoms with Gasteiger partial charge in [0.15, 0.2) is 5.76 Å². The topological polar surface area (TPSA) is 71.3 Å². The van der Waals surface area contributed by atoms with Crippen molar-refractivity contribution >= 4 is 11.8 Å². The summed E-state index contributed by atoms with van der Waals surface area (Å²) < 4.78 is 5.00. The molecule has 24 heavy (non-hydrogen) atoms. The Bertz CT molecular complexity index is 676. The Morgan fingerprint density at radius 3 is 2.46 bits per heavy atom. The fourth-order valence-corrected chi connectivity index (χ4v) is 3.10. The molecule has 1 heterocycles. The van der Waals surface area contributed by atoms with Crippen molar-refractivity contribution in [1.82, 2.24) is 10.6 Å². The van der Waals surface area contributed by atoms with E-state index in [9.17, 15) is 9.59 Å². The average molecular weight is 326 g/mol. The Labute approximate surface area is 141 Å². The van der Waals surface area contributed by atoms with Gasteiger partial charge in [-0.15, -0.1) is 0 Å². The first-order chi connectivity index (χ1) is 11.7. The molecule has 1 aromatic heterocycles. The molecule has 5 nitrogen and oxygen atoms in total. The van der Waals surface area contributed by atoms with Gasteiger partial charge >= 0.3 is 0 Å². The summed E-state index contributed by atoms with van der Waals surface area (Å²) in [6, 6.07) is 13.6. The van der Waals surface area contributed by atoms with Crippen LogP contribution in [-0.2, 0) is 10.2 Å². The maximum absolute atomic E-state index is 12.0. The number of carbonyl (C=O) groups excluding carboxylic acids is 2. The van der Waals surface area contributed by atoms with E-state index < -0.39 is 0 Å². The Morgan fingerprint density at radius 1 is 1.04 bits per heavy atom. The Kier molecular flexibility index (Phi) is 4.99. The van der Waals surface area contributed by atoms with Crippen LogP contribution in [0.2, 0.25) is 0 Å². The highest BCUT2D eigenvalue weighted by Gasteiger charge is 2.38. The minimum absolute atomic E-state index is 0.0445. The second-order valence-corrected chi connectivity index (χ2v) is 6.26. The zero-order valence-electron chi connectivity index (χ0n) is 13.6. The molecule has 3 rings (SSSR count). The molecule has 0 radical (unpaired) electrons. The van der Waals surface area contributed by atoms with Crippen LogP contribution in [0.3, 0.4) is 0 Å². The van der Waals surface area contributed by atoms with Gasteiger partial charge in [-0.3, -0.25) is 9.59 Å². The fraction of sp³-hybridized carbons (Fsp3) is 0.368. The summed E-state index contributed by atoms with van der Waals surface area (Å²) in [7, 11) is 0.